The van der Waals surface area contributed by atoms with Crippen molar-refractivity contribution in [1.82, 2.24) is 4.90 Å². The Morgan fingerprint density at radius 1 is 1.43 bits per heavy atom. The molecule has 0 aliphatic heterocycles. The summed E-state index contributed by atoms with van der Waals surface area (Å²) in [6.45, 7) is 6.08. The third-order valence-corrected chi connectivity index (χ3v) is 5.44. The molecule has 126 valence electrons. The Balaban J connectivity index is 2.25. The molecule has 7 heteroatoms. The van der Waals surface area contributed by atoms with Gasteiger partial charge in [-0.05, 0) is 25.5 Å². The lowest BCUT2D eigenvalue weighted by Crippen LogP contribution is -2.68. The van der Waals surface area contributed by atoms with E-state index < -0.39 is 16.4 Å². The Morgan fingerprint density at radius 2 is 2.04 bits per heavy atom. The molecule has 1 N–H and O–H groups in total. The molecule has 1 aromatic carbocycles. The van der Waals surface area contributed by atoms with Crippen molar-refractivity contribution in [3.8, 4) is 5.75 Å². The van der Waals surface area contributed by atoms with E-state index in [1.165, 1.54) is 12.1 Å². The van der Waals surface area contributed by atoms with E-state index in [9.17, 15) is 20.0 Å². The Morgan fingerprint density at radius 3 is 2.52 bits per heavy atom. The van der Waals surface area contributed by atoms with Crippen molar-refractivity contribution in [2.24, 2.45) is 5.41 Å². The van der Waals surface area contributed by atoms with Crippen LogP contribution in [0, 0.1) is 15.5 Å². The quantitative estimate of drug-likeness (QED) is 0.679. The van der Waals surface area contributed by atoms with E-state index in [2.05, 4.69) is 0 Å². The molecule has 1 amide bonds. The lowest BCUT2D eigenvalue weighted by atomic mass is 9.55. The number of methoxy groups -OCH3 is 1. The van der Waals surface area contributed by atoms with Crippen molar-refractivity contribution in [2.75, 3.05) is 14.2 Å². The minimum absolute atomic E-state index is 0.0344. The number of rotatable bonds is 4. The van der Waals surface area contributed by atoms with E-state index in [0.717, 1.165) is 6.07 Å². The van der Waals surface area contributed by atoms with E-state index >= 15 is 0 Å². The van der Waals surface area contributed by atoms with Gasteiger partial charge in [0.1, 0.15) is 0 Å². The van der Waals surface area contributed by atoms with Gasteiger partial charge in [-0.3, -0.25) is 14.9 Å². The second-order valence-corrected chi connectivity index (χ2v) is 6.75. The summed E-state index contributed by atoms with van der Waals surface area (Å²) in [5.41, 5.74) is -0.847. The van der Waals surface area contributed by atoms with Crippen molar-refractivity contribution >= 4 is 11.6 Å². The van der Waals surface area contributed by atoms with Gasteiger partial charge in [0.05, 0.1) is 10.5 Å². The molecule has 1 aliphatic carbocycles. The summed E-state index contributed by atoms with van der Waals surface area (Å²) in [6.07, 6.45) is 0.693. The highest BCUT2D eigenvalue weighted by Crippen LogP contribution is 2.53. The maximum atomic E-state index is 12.6. The Bertz CT molecular complexity index is 658. The Kier molecular flexibility index (Phi) is 4.11. The molecule has 0 radical (unpaired) electrons. The minimum Gasteiger partial charge on any atom is -0.502 e. The fourth-order valence-electron chi connectivity index (χ4n) is 3.22. The molecular formula is C16H22N2O5. The minimum atomic E-state index is -0.707. The number of phenols is 1. The first kappa shape index (κ1) is 17.2. The lowest BCUT2D eigenvalue weighted by molar-refractivity contribution is -0.385. The maximum Gasteiger partial charge on any atom is 0.311 e. The zero-order chi connectivity index (χ0) is 17.6. The third-order valence-electron chi connectivity index (χ3n) is 5.44. The number of aromatic hydroxyl groups is 1. The molecule has 0 bridgehead atoms. The summed E-state index contributed by atoms with van der Waals surface area (Å²) in [4.78, 5) is 24.4. The lowest BCUT2D eigenvalue weighted by Gasteiger charge is -2.61. The monoisotopic (exact) mass is 322 g/mol. The highest BCUT2D eigenvalue weighted by Gasteiger charge is 2.59. The number of amides is 1. The standard InChI is InChI=1S/C16H22N2O5/c1-15(2)13(9-16(15,3)23-5)17(4)14(20)10-6-7-12(19)11(8-10)18(21)22/h6-8,13,19H,9H2,1-5H3/t13-,16+/m1/s1. The molecule has 1 saturated carbocycles. The van der Waals surface area contributed by atoms with Crippen LogP contribution in [0.15, 0.2) is 18.2 Å². The average molecular weight is 322 g/mol. The summed E-state index contributed by atoms with van der Waals surface area (Å²) < 4.78 is 5.56. The van der Waals surface area contributed by atoms with Crippen LogP contribution in [0.5, 0.6) is 5.75 Å². The molecule has 0 aromatic heterocycles. The van der Waals surface area contributed by atoms with Gasteiger partial charge in [-0.2, -0.15) is 0 Å². The van der Waals surface area contributed by atoms with Crippen molar-refractivity contribution in [2.45, 2.75) is 38.8 Å². The average Bonchev–Trinajstić information content (AvgIpc) is 2.50. The van der Waals surface area contributed by atoms with Gasteiger partial charge in [0.15, 0.2) is 5.75 Å². The van der Waals surface area contributed by atoms with Gasteiger partial charge in [0, 0.05) is 37.2 Å². The number of nitrogens with zero attached hydrogens (tertiary/aromatic N) is 2. The van der Waals surface area contributed by atoms with Gasteiger partial charge in [-0.25, -0.2) is 0 Å². The molecule has 0 spiro atoms. The van der Waals surface area contributed by atoms with E-state index in [1.807, 2.05) is 20.8 Å². The highest BCUT2D eigenvalue weighted by atomic mass is 16.6. The van der Waals surface area contributed by atoms with Gasteiger partial charge < -0.3 is 14.7 Å². The van der Waals surface area contributed by atoms with Crippen molar-refractivity contribution < 1.29 is 19.6 Å². The van der Waals surface area contributed by atoms with Crippen LogP contribution in [0.4, 0.5) is 5.69 Å². The molecule has 0 heterocycles. The second-order valence-electron chi connectivity index (χ2n) is 6.75. The first-order chi connectivity index (χ1) is 10.5. The van der Waals surface area contributed by atoms with Crippen molar-refractivity contribution in [3.05, 3.63) is 33.9 Å². The zero-order valence-corrected chi connectivity index (χ0v) is 14.0. The topological polar surface area (TPSA) is 92.9 Å². The number of phenolic OH excluding ortho intramolecular Hbond substituents is 1. The number of carbonyl (C=O) groups is 1. The number of nitro groups is 1. The molecule has 1 fully saturated rings. The Hall–Kier alpha value is -2.15. The third kappa shape index (κ3) is 2.55. The van der Waals surface area contributed by atoms with Crippen LogP contribution in [0.2, 0.25) is 0 Å². The van der Waals surface area contributed by atoms with Gasteiger partial charge in [0.2, 0.25) is 0 Å². The van der Waals surface area contributed by atoms with Crippen LogP contribution in [-0.4, -0.2) is 46.6 Å². The first-order valence-corrected chi connectivity index (χ1v) is 7.35. The van der Waals surface area contributed by atoms with E-state index in [4.69, 9.17) is 4.74 Å². The first-order valence-electron chi connectivity index (χ1n) is 7.35. The molecule has 23 heavy (non-hydrogen) atoms. The van der Waals surface area contributed by atoms with Crippen LogP contribution in [0.1, 0.15) is 37.6 Å². The second kappa shape index (κ2) is 5.49. The predicted molar refractivity (Wildman–Crippen MR) is 84.5 cm³/mol. The smallest absolute Gasteiger partial charge is 0.311 e. The maximum absolute atomic E-state index is 12.6. The van der Waals surface area contributed by atoms with Gasteiger partial charge in [-0.1, -0.05) is 13.8 Å². The van der Waals surface area contributed by atoms with Crippen LogP contribution in [0.25, 0.3) is 0 Å². The summed E-state index contributed by atoms with van der Waals surface area (Å²) in [5, 5.41) is 20.4. The predicted octanol–water partition coefficient (Wildman–Crippen LogP) is 2.58. The molecule has 1 aromatic rings. The molecular weight excluding hydrogens is 300 g/mol. The molecule has 0 saturated heterocycles. The van der Waals surface area contributed by atoms with Crippen molar-refractivity contribution in [3.63, 3.8) is 0 Å². The number of benzene rings is 1. The van der Waals surface area contributed by atoms with Crippen molar-refractivity contribution in [1.29, 1.82) is 0 Å². The van der Waals surface area contributed by atoms with Crippen LogP contribution < -0.4 is 0 Å². The summed E-state index contributed by atoms with van der Waals surface area (Å²) in [5.74, 6) is -0.769. The van der Waals surface area contributed by atoms with Crippen LogP contribution in [0.3, 0.4) is 0 Å². The number of hydrogen-bond donors (Lipinski definition) is 1. The number of nitro benzene ring substituents is 1. The van der Waals surface area contributed by atoms with E-state index in [-0.39, 0.29) is 28.5 Å². The van der Waals surface area contributed by atoms with Gasteiger partial charge in [0.25, 0.3) is 5.91 Å². The summed E-state index contributed by atoms with van der Waals surface area (Å²) in [6, 6.07) is 3.63. The zero-order valence-electron chi connectivity index (χ0n) is 14.0. The van der Waals surface area contributed by atoms with Crippen LogP contribution in [-0.2, 0) is 4.74 Å². The van der Waals surface area contributed by atoms with E-state index in [0.29, 0.717) is 6.42 Å². The number of carbonyl (C=O) groups excluding carboxylic acids is 1. The highest BCUT2D eigenvalue weighted by molar-refractivity contribution is 5.95. The molecule has 2 atom stereocenters. The fourth-order valence-corrected chi connectivity index (χ4v) is 3.22. The van der Waals surface area contributed by atoms with E-state index in [1.54, 1.807) is 19.1 Å². The fraction of sp³-hybridized carbons (Fsp3) is 0.562. The number of hydrogen-bond acceptors (Lipinski definition) is 5. The normalized spacial score (nSPS) is 25.5. The number of ether oxygens (including phenoxy) is 1. The SMILES string of the molecule is CO[C@@]1(C)C[C@@H](N(C)C(=O)c2ccc(O)c([N+](=O)[O-])c2)C1(C)C. The molecule has 0 unspecified atom stereocenters. The largest absolute Gasteiger partial charge is 0.502 e. The molecule has 2 rings (SSSR count). The van der Waals surface area contributed by atoms with Gasteiger partial charge in [-0.15, -0.1) is 0 Å². The van der Waals surface area contributed by atoms with Gasteiger partial charge >= 0.3 is 5.69 Å². The Labute approximate surface area is 135 Å². The van der Waals surface area contributed by atoms with Crippen LogP contribution >= 0.6 is 0 Å². The molecule has 1 aliphatic rings. The molecule has 7 nitrogen and oxygen atoms in total. The summed E-state index contributed by atoms with van der Waals surface area (Å²) in [7, 11) is 3.34. The summed E-state index contributed by atoms with van der Waals surface area (Å²) >= 11 is 0.